The van der Waals surface area contributed by atoms with Gasteiger partial charge in [-0.2, -0.15) is 0 Å². The fourth-order valence-corrected chi connectivity index (χ4v) is 4.53. The lowest BCUT2D eigenvalue weighted by Crippen LogP contribution is -2.54. The quantitative estimate of drug-likeness (QED) is 0.854. The molecule has 1 aliphatic heterocycles. The SMILES string of the molecule is CCOC1(C(O)C2CC(C)(C)OC2(C)C)CCC(C)CC1. The first-order valence-electron chi connectivity index (χ1n) is 8.64. The van der Waals surface area contributed by atoms with Gasteiger partial charge < -0.3 is 14.6 Å². The molecule has 2 fully saturated rings. The van der Waals surface area contributed by atoms with E-state index in [1.807, 2.05) is 6.92 Å². The van der Waals surface area contributed by atoms with Gasteiger partial charge in [-0.15, -0.1) is 0 Å². The molecule has 1 aliphatic carbocycles. The van der Waals surface area contributed by atoms with Gasteiger partial charge in [-0.1, -0.05) is 6.92 Å². The lowest BCUT2D eigenvalue weighted by Gasteiger charge is -2.46. The Morgan fingerprint density at radius 1 is 1.19 bits per heavy atom. The van der Waals surface area contributed by atoms with Crippen LogP contribution in [-0.2, 0) is 9.47 Å². The van der Waals surface area contributed by atoms with E-state index in [2.05, 4.69) is 34.6 Å². The minimum absolute atomic E-state index is 0.132. The number of hydrogen-bond donors (Lipinski definition) is 1. The Labute approximate surface area is 130 Å². The zero-order valence-corrected chi connectivity index (χ0v) is 14.7. The van der Waals surface area contributed by atoms with E-state index in [0.29, 0.717) is 6.61 Å². The van der Waals surface area contributed by atoms with Gasteiger partial charge >= 0.3 is 0 Å². The van der Waals surface area contributed by atoms with Crippen molar-refractivity contribution in [2.45, 2.75) is 96.6 Å². The highest BCUT2D eigenvalue weighted by Crippen LogP contribution is 2.49. The minimum Gasteiger partial charge on any atom is -0.390 e. The van der Waals surface area contributed by atoms with Crippen molar-refractivity contribution in [1.82, 2.24) is 0 Å². The van der Waals surface area contributed by atoms with Crippen molar-refractivity contribution >= 4 is 0 Å². The molecule has 2 unspecified atom stereocenters. The molecule has 124 valence electrons. The van der Waals surface area contributed by atoms with Crippen LogP contribution >= 0.6 is 0 Å². The molecule has 2 rings (SSSR count). The highest BCUT2D eigenvalue weighted by Gasteiger charge is 2.55. The van der Waals surface area contributed by atoms with Crippen LogP contribution in [0.2, 0.25) is 0 Å². The molecule has 0 aromatic carbocycles. The number of hydrogen-bond acceptors (Lipinski definition) is 3. The van der Waals surface area contributed by atoms with Crippen molar-refractivity contribution in [3.05, 3.63) is 0 Å². The van der Waals surface area contributed by atoms with Gasteiger partial charge in [0.1, 0.15) is 0 Å². The molecule has 1 N–H and O–H groups in total. The number of aliphatic hydroxyl groups is 1. The maximum absolute atomic E-state index is 11.2. The maximum atomic E-state index is 11.2. The molecule has 1 saturated carbocycles. The minimum atomic E-state index is -0.443. The van der Waals surface area contributed by atoms with Gasteiger partial charge in [0.05, 0.1) is 22.9 Å². The van der Waals surface area contributed by atoms with Crippen LogP contribution in [0.25, 0.3) is 0 Å². The Hall–Kier alpha value is -0.120. The Bertz CT molecular complexity index is 353. The second-order valence-corrected chi connectivity index (χ2v) is 8.40. The van der Waals surface area contributed by atoms with Crippen molar-refractivity contribution < 1.29 is 14.6 Å². The summed E-state index contributed by atoms with van der Waals surface area (Å²) in [5.41, 5.74) is -0.826. The normalized spacial score (nSPS) is 40.1. The number of aliphatic hydroxyl groups excluding tert-OH is 1. The molecular formula is C18H34O3. The first kappa shape index (κ1) is 17.2. The monoisotopic (exact) mass is 298 g/mol. The topological polar surface area (TPSA) is 38.7 Å². The summed E-state index contributed by atoms with van der Waals surface area (Å²) in [4.78, 5) is 0. The molecule has 0 radical (unpaired) electrons. The molecule has 0 spiro atoms. The fourth-order valence-electron chi connectivity index (χ4n) is 4.53. The predicted molar refractivity (Wildman–Crippen MR) is 85.3 cm³/mol. The first-order valence-corrected chi connectivity index (χ1v) is 8.64. The van der Waals surface area contributed by atoms with E-state index in [-0.39, 0.29) is 22.7 Å². The summed E-state index contributed by atoms with van der Waals surface area (Å²) in [6, 6.07) is 0. The summed E-state index contributed by atoms with van der Waals surface area (Å²) < 4.78 is 12.3. The highest BCUT2D eigenvalue weighted by atomic mass is 16.5. The van der Waals surface area contributed by atoms with Crippen LogP contribution in [0.3, 0.4) is 0 Å². The fraction of sp³-hybridized carbons (Fsp3) is 1.00. The van der Waals surface area contributed by atoms with Crippen LogP contribution in [0.5, 0.6) is 0 Å². The van der Waals surface area contributed by atoms with Crippen molar-refractivity contribution in [2.24, 2.45) is 11.8 Å². The predicted octanol–water partition coefficient (Wildman–Crippen LogP) is 3.93. The Balaban J connectivity index is 2.21. The van der Waals surface area contributed by atoms with Crippen LogP contribution in [0.1, 0.15) is 73.6 Å². The van der Waals surface area contributed by atoms with E-state index < -0.39 is 6.10 Å². The average Bonchev–Trinajstić information content (AvgIpc) is 2.60. The van der Waals surface area contributed by atoms with Crippen molar-refractivity contribution in [3.8, 4) is 0 Å². The van der Waals surface area contributed by atoms with Gasteiger partial charge in [0.15, 0.2) is 0 Å². The van der Waals surface area contributed by atoms with Crippen LogP contribution in [0.15, 0.2) is 0 Å². The van der Waals surface area contributed by atoms with E-state index in [1.165, 1.54) is 0 Å². The lowest BCUT2D eigenvalue weighted by atomic mass is 9.69. The zero-order chi connectivity index (χ0) is 15.9. The van der Waals surface area contributed by atoms with Crippen molar-refractivity contribution in [2.75, 3.05) is 6.61 Å². The van der Waals surface area contributed by atoms with Crippen LogP contribution in [0, 0.1) is 11.8 Å². The standard InChI is InChI=1S/C18H34O3/c1-7-20-18(10-8-13(2)9-11-18)15(19)14-12-16(3,4)21-17(14,5)6/h13-15,19H,7-12H2,1-6H3. The Morgan fingerprint density at radius 2 is 1.76 bits per heavy atom. The molecule has 0 aromatic rings. The third-order valence-electron chi connectivity index (χ3n) is 5.62. The van der Waals surface area contributed by atoms with Crippen LogP contribution in [0.4, 0.5) is 0 Å². The van der Waals surface area contributed by atoms with Gasteiger partial charge in [-0.25, -0.2) is 0 Å². The number of ether oxygens (including phenoxy) is 2. The lowest BCUT2D eigenvalue weighted by molar-refractivity contribution is -0.178. The molecule has 2 atom stereocenters. The van der Waals surface area contributed by atoms with Gasteiger partial charge in [-0.3, -0.25) is 0 Å². The molecule has 1 heterocycles. The molecule has 21 heavy (non-hydrogen) atoms. The second kappa shape index (κ2) is 5.82. The summed E-state index contributed by atoms with van der Waals surface area (Å²) in [6.07, 6.45) is 4.68. The van der Waals surface area contributed by atoms with E-state index >= 15 is 0 Å². The van der Waals surface area contributed by atoms with Gasteiger partial charge in [0.2, 0.25) is 0 Å². The van der Waals surface area contributed by atoms with Crippen molar-refractivity contribution in [1.29, 1.82) is 0 Å². The third-order valence-corrected chi connectivity index (χ3v) is 5.62. The molecular weight excluding hydrogens is 264 g/mol. The summed E-state index contributed by atoms with van der Waals surface area (Å²) >= 11 is 0. The molecule has 3 heteroatoms. The average molecular weight is 298 g/mol. The van der Waals surface area contributed by atoms with E-state index in [0.717, 1.165) is 38.0 Å². The zero-order valence-electron chi connectivity index (χ0n) is 14.7. The Morgan fingerprint density at radius 3 is 2.19 bits per heavy atom. The first-order chi connectivity index (χ1) is 9.62. The van der Waals surface area contributed by atoms with Crippen LogP contribution < -0.4 is 0 Å². The maximum Gasteiger partial charge on any atom is 0.0944 e. The van der Waals surface area contributed by atoms with Gasteiger partial charge in [-0.05, 0) is 72.6 Å². The van der Waals surface area contributed by atoms with Crippen LogP contribution in [-0.4, -0.2) is 34.6 Å². The third kappa shape index (κ3) is 3.46. The Kier molecular flexibility index (Phi) is 4.78. The molecule has 0 aromatic heterocycles. The summed E-state index contributed by atoms with van der Waals surface area (Å²) in [6.45, 7) is 13.5. The van der Waals surface area contributed by atoms with Gasteiger partial charge in [0, 0.05) is 12.5 Å². The summed E-state index contributed by atoms with van der Waals surface area (Å²) in [5, 5.41) is 11.2. The van der Waals surface area contributed by atoms with Gasteiger partial charge in [0.25, 0.3) is 0 Å². The highest BCUT2D eigenvalue weighted by molar-refractivity contribution is 5.05. The summed E-state index contributed by atoms with van der Waals surface area (Å²) in [7, 11) is 0. The van der Waals surface area contributed by atoms with E-state index in [4.69, 9.17) is 9.47 Å². The largest absolute Gasteiger partial charge is 0.390 e. The second-order valence-electron chi connectivity index (χ2n) is 8.40. The molecule has 0 bridgehead atoms. The smallest absolute Gasteiger partial charge is 0.0944 e. The molecule has 1 saturated heterocycles. The summed E-state index contributed by atoms with van der Waals surface area (Å²) in [5.74, 6) is 0.877. The molecule has 3 nitrogen and oxygen atoms in total. The molecule has 0 amide bonds. The molecule has 2 aliphatic rings. The van der Waals surface area contributed by atoms with E-state index in [9.17, 15) is 5.11 Å². The van der Waals surface area contributed by atoms with Crippen molar-refractivity contribution in [3.63, 3.8) is 0 Å². The number of rotatable bonds is 4. The van der Waals surface area contributed by atoms with E-state index in [1.54, 1.807) is 0 Å².